The summed E-state index contributed by atoms with van der Waals surface area (Å²) in [6, 6.07) is 24.9. The van der Waals surface area contributed by atoms with Gasteiger partial charge in [-0.15, -0.1) is 22.7 Å². The van der Waals surface area contributed by atoms with Crippen molar-refractivity contribution in [2.24, 2.45) is 0 Å². The molecular weight excluding hydrogens is 773 g/mol. The SMILES string of the molecule is CC(CC(=O)N(C)c1ccccn1)NC(=O)N(C)Cc1csc(C(C)C)n1.O=CNC(CCC(Cc1ccccc1)NC(=O)OCc1cncs1)Cc1ccccc1. The van der Waals surface area contributed by atoms with Crippen LogP contribution in [0.15, 0.2) is 102 Å². The first-order valence-corrected chi connectivity index (χ1v) is 21.0. The van der Waals surface area contributed by atoms with Crippen LogP contribution in [0.3, 0.4) is 0 Å². The van der Waals surface area contributed by atoms with Gasteiger partial charge >= 0.3 is 12.1 Å². The van der Waals surface area contributed by atoms with Crippen LogP contribution in [0, 0.1) is 0 Å². The van der Waals surface area contributed by atoms with Crippen LogP contribution in [0.1, 0.15) is 72.7 Å². The third kappa shape index (κ3) is 16.1. The van der Waals surface area contributed by atoms with Crippen LogP contribution < -0.4 is 20.9 Å². The first kappa shape index (κ1) is 45.0. The second kappa shape index (κ2) is 24.2. The maximum atomic E-state index is 12.4. The van der Waals surface area contributed by atoms with Crippen LogP contribution in [0.25, 0.3) is 0 Å². The lowest BCUT2D eigenvalue weighted by molar-refractivity contribution is -0.118. The van der Waals surface area contributed by atoms with Gasteiger partial charge in [0.15, 0.2) is 0 Å². The number of anilines is 1. The number of carbonyl (C=O) groups is 4. The van der Waals surface area contributed by atoms with Gasteiger partial charge in [0, 0.05) is 62.3 Å². The summed E-state index contributed by atoms with van der Waals surface area (Å²) in [5.74, 6) is 0.859. The van der Waals surface area contributed by atoms with Crippen molar-refractivity contribution >= 4 is 52.9 Å². The number of thiazole rings is 2. The molecule has 0 spiro atoms. The van der Waals surface area contributed by atoms with Crippen molar-refractivity contribution in [2.75, 3.05) is 19.0 Å². The number of rotatable bonds is 19. The quantitative estimate of drug-likeness (QED) is 0.0729. The number of carbonyl (C=O) groups excluding carboxylic acids is 4. The smallest absolute Gasteiger partial charge is 0.407 e. The number of nitrogens with zero attached hydrogens (tertiary/aromatic N) is 5. The summed E-state index contributed by atoms with van der Waals surface area (Å²) in [5, 5.41) is 11.8. The molecule has 0 aliphatic carbocycles. The van der Waals surface area contributed by atoms with Crippen LogP contribution in [0.5, 0.6) is 0 Å². The lowest BCUT2D eigenvalue weighted by atomic mass is 9.96. The Bertz CT molecular complexity index is 1950. The minimum atomic E-state index is -0.447. The summed E-state index contributed by atoms with van der Waals surface area (Å²) < 4.78 is 5.35. The van der Waals surface area contributed by atoms with Gasteiger partial charge in [0.25, 0.3) is 0 Å². The average molecular weight is 827 g/mol. The first-order chi connectivity index (χ1) is 28.0. The van der Waals surface area contributed by atoms with E-state index in [0.29, 0.717) is 31.1 Å². The zero-order valence-electron chi connectivity index (χ0n) is 33.7. The number of hydrogen-bond donors (Lipinski definition) is 3. The summed E-state index contributed by atoms with van der Waals surface area (Å²) >= 11 is 3.06. The monoisotopic (exact) mass is 826 g/mol. The molecule has 58 heavy (non-hydrogen) atoms. The van der Waals surface area contributed by atoms with Gasteiger partial charge in [-0.1, -0.05) is 80.6 Å². The number of ether oxygens (including phenoxy) is 1. The van der Waals surface area contributed by atoms with Gasteiger partial charge in [0.05, 0.1) is 27.6 Å². The molecule has 2 aromatic carbocycles. The predicted molar refractivity (Wildman–Crippen MR) is 230 cm³/mol. The zero-order chi connectivity index (χ0) is 41.7. The van der Waals surface area contributed by atoms with Gasteiger partial charge in [-0.05, 0) is 55.9 Å². The molecule has 5 amide bonds. The summed E-state index contributed by atoms with van der Waals surface area (Å²) in [7, 11) is 3.40. The molecule has 0 bridgehead atoms. The van der Waals surface area contributed by atoms with Gasteiger partial charge in [0.1, 0.15) is 12.4 Å². The third-order valence-corrected chi connectivity index (χ3v) is 10.9. The zero-order valence-corrected chi connectivity index (χ0v) is 35.4. The Labute approximate surface area is 349 Å². The molecule has 0 saturated heterocycles. The molecule has 0 radical (unpaired) electrons. The van der Waals surface area contributed by atoms with E-state index in [2.05, 4.69) is 56.9 Å². The van der Waals surface area contributed by atoms with Crippen molar-refractivity contribution in [2.45, 2.75) is 90.1 Å². The summed E-state index contributed by atoms with van der Waals surface area (Å²) in [6.45, 7) is 6.65. The molecule has 3 N–H and O–H groups in total. The highest BCUT2D eigenvalue weighted by Gasteiger charge is 2.20. The highest BCUT2D eigenvalue weighted by Crippen LogP contribution is 2.20. The average Bonchev–Trinajstić information content (AvgIpc) is 3.93. The van der Waals surface area contributed by atoms with Gasteiger partial charge < -0.3 is 25.6 Å². The molecule has 3 atom stereocenters. The number of urea groups is 1. The van der Waals surface area contributed by atoms with Gasteiger partial charge in [0.2, 0.25) is 12.3 Å². The number of benzene rings is 2. The molecule has 5 rings (SSSR count). The normalized spacial score (nSPS) is 12.2. The van der Waals surface area contributed by atoms with E-state index in [-0.39, 0.29) is 43.1 Å². The standard InChI is InChI=1S/C24H27N3O3S.C19H27N5O2S/c28-17-26-21(13-19-7-3-1-4-8-19)11-12-22(14-20-9-5-2-6-10-20)27-24(29)30-16-23-15-25-18-31-23;1-13(2)18-22-15(12-27-18)11-23(4)19(26)21-14(3)10-17(25)24(5)16-8-6-7-9-20-16/h1-10,15,17-18,21-22H,11-14,16H2,(H,26,28)(H,27,29);6-9,12-14H,10-11H2,1-5H3,(H,21,26). The largest absolute Gasteiger partial charge is 0.444 e. The molecule has 0 aliphatic heterocycles. The van der Waals surface area contributed by atoms with Crippen molar-refractivity contribution in [1.82, 2.24) is 35.8 Å². The Kier molecular flexibility index (Phi) is 18.8. The van der Waals surface area contributed by atoms with Crippen molar-refractivity contribution in [3.8, 4) is 0 Å². The molecule has 5 aromatic rings. The van der Waals surface area contributed by atoms with Crippen molar-refractivity contribution in [3.63, 3.8) is 0 Å². The molecule has 0 saturated carbocycles. The Hall–Kier alpha value is -5.67. The van der Waals surface area contributed by atoms with Crippen molar-refractivity contribution in [1.29, 1.82) is 0 Å². The van der Waals surface area contributed by atoms with E-state index in [1.165, 1.54) is 21.8 Å². The number of amides is 5. The summed E-state index contributed by atoms with van der Waals surface area (Å²) in [5.41, 5.74) is 4.89. The number of hydrogen-bond acceptors (Lipinski definition) is 10. The highest BCUT2D eigenvalue weighted by atomic mass is 32.1. The first-order valence-electron chi connectivity index (χ1n) is 19.2. The molecular formula is C43H54N8O5S2. The predicted octanol–water partition coefficient (Wildman–Crippen LogP) is 7.36. The fourth-order valence-electron chi connectivity index (χ4n) is 5.85. The van der Waals surface area contributed by atoms with E-state index in [9.17, 15) is 19.2 Å². The van der Waals surface area contributed by atoms with Crippen LogP contribution in [-0.2, 0) is 40.3 Å². The van der Waals surface area contributed by atoms with Crippen LogP contribution >= 0.6 is 22.7 Å². The molecule has 13 nitrogen and oxygen atoms in total. The molecule has 0 aliphatic rings. The van der Waals surface area contributed by atoms with Crippen LogP contribution in [-0.4, -0.2) is 76.5 Å². The third-order valence-electron chi connectivity index (χ3n) is 9.00. The van der Waals surface area contributed by atoms with Crippen molar-refractivity contribution in [3.05, 3.63) is 129 Å². The van der Waals surface area contributed by atoms with E-state index < -0.39 is 6.09 Å². The van der Waals surface area contributed by atoms with Crippen LogP contribution in [0.4, 0.5) is 15.4 Å². The minimum absolute atomic E-state index is 0.00631. The number of nitrogens with one attached hydrogen (secondary N) is 3. The lowest BCUT2D eigenvalue weighted by Gasteiger charge is -2.22. The van der Waals surface area contributed by atoms with E-state index in [1.807, 2.05) is 66.9 Å². The molecule has 3 heterocycles. The molecule has 308 valence electrons. The lowest BCUT2D eigenvalue weighted by Crippen LogP contribution is -2.43. The van der Waals surface area contributed by atoms with E-state index in [0.717, 1.165) is 40.4 Å². The Morgan fingerprint density at radius 3 is 2.09 bits per heavy atom. The minimum Gasteiger partial charge on any atom is -0.444 e. The number of aromatic nitrogens is 3. The molecule has 3 unspecified atom stereocenters. The topological polar surface area (TPSA) is 159 Å². The van der Waals surface area contributed by atoms with Crippen molar-refractivity contribution < 1.29 is 23.9 Å². The maximum absolute atomic E-state index is 12.4. The summed E-state index contributed by atoms with van der Waals surface area (Å²) in [4.78, 5) is 64.9. The Balaban J connectivity index is 0.000000259. The second-order valence-electron chi connectivity index (χ2n) is 14.2. The molecule has 0 fully saturated rings. The van der Waals surface area contributed by atoms with Gasteiger partial charge in [-0.2, -0.15) is 0 Å². The maximum Gasteiger partial charge on any atom is 0.407 e. The second-order valence-corrected chi connectivity index (χ2v) is 16.1. The van der Waals surface area contributed by atoms with E-state index in [1.54, 1.807) is 60.4 Å². The highest BCUT2D eigenvalue weighted by molar-refractivity contribution is 7.09. The Morgan fingerprint density at radius 1 is 0.845 bits per heavy atom. The van der Waals surface area contributed by atoms with E-state index in [4.69, 9.17) is 4.74 Å². The van der Waals surface area contributed by atoms with Gasteiger partial charge in [-0.25, -0.2) is 19.6 Å². The Morgan fingerprint density at radius 2 is 1.50 bits per heavy atom. The number of pyridine rings is 1. The van der Waals surface area contributed by atoms with Crippen LogP contribution in [0.2, 0.25) is 0 Å². The van der Waals surface area contributed by atoms with Gasteiger partial charge in [-0.3, -0.25) is 19.5 Å². The van der Waals surface area contributed by atoms with E-state index >= 15 is 0 Å². The summed E-state index contributed by atoms with van der Waals surface area (Å²) in [6.07, 6.45) is 6.71. The fraction of sp³-hybridized carbons (Fsp3) is 0.372. The molecule has 3 aromatic heterocycles. The number of alkyl carbamates (subject to hydrolysis) is 1. The fourth-order valence-corrected chi connectivity index (χ4v) is 7.18. The molecule has 15 heteroatoms.